The summed E-state index contributed by atoms with van der Waals surface area (Å²) >= 11 is 0. The van der Waals surface area contributed by atoms with E-state index in [0.29, 0.717) is 30.6 Å². The van der Waals surface area contributed by atoms with Gasteiger partial charge in [0.15, 0.2) is 0 Å². The van der Waals surface area contributed by atoms with Gasteiger partial charge in [-0.25, -0.2) is 4.39 Å². The van der Waals surface area contributed by atoms with Crippen molar-refractivity contribution >= 4 is 5.84 Å². The van der Waals surface area contributed by atoms with Gasteiger partial charge in [-0.15, -0.1) is 0 Å². The van der Waals surface area contributed by atoms with Gasteiger partial charge < -0.3 is 15.7 Å². The Morgan fingerprint density at radius 1 is 1.52 bits per heavy atom. The molecule has 0 spiro atoms. The Bertz CT molecular complexity index is 520. The predicted molar refractivity (Wildman–Crippen MR) is 80.8 cm³/mol. The summed E-state index contributed by atoms with van der Waals surface area (Å²) in [6, 6.07) is 4.85. The van der Waals surface area contributed by atoms with Gasteiger partial charge in [0, 0.05) is 36.8 Å². The number of aliphatic hydroxyl groups is 1. The van der Waals surface area contributed by atoms with Crippen molar-refractivity contribution in [3.8, 4) is 0 Å². The average Bonchev–Trinajstić information content (AvgIpc) is 2.70. The van der Waals surface area contributed by atoms with Gasteiger partial charge in [-0.1, -0.05) is 12.1 Å². The Labute approximate surface area is 124 Å². The maximum atomic E-state index is 14.1. The van der Waals surface area contributed by atoms with E-state index < -0.39 is 0 Å². The van der Waals surface area contributed by atoms with Crippen molar-refractivity contribution < 1.29 is 9.50 Å². The van der Waals surface area contributed by atoms with Crippen molar-refractivity contribution in [2.45, 2.75) is 25.1 Å². The first kappa shape index (κ1) is 15.9. The topological polar surface area (TPSA) is 76.6 Å². The Balaban J connectivity index is 2.11. The van der Waals surface area contributed by atoms with Crippen LogP contribution in [-0.2, 0) is 6.54 Å². The number of nitrogens with zero attached hydrogens (tertiary/aromatic N) is 2. The van der Waals surface area contributed by atoms with Gasteiger partial charge in [-0.05, 0) is 26.6 Å². The molecule has 2 atom stereocenters. The summed E-state index contributed by atoms with van der Waals surface area (Å²) in [6.07, 6.45) is 0.361. The maximum Gasteiger partial charge on any atom is 0.128 e. The van der Waals surface area contributed by atoms with Crippen LogP contribution in [0.2, 0.25) is 0 Å². The summed E-state index contributed by atoms with van der Waals surface area (Å²) in [7, 11) is 3.98. The number of β-amino-alcohol motifs (C(OH)–C–C–N with tert-alkyl or cyclic N) is 1. The van der Waals surface area contributed by atoms with Crippen LogP contribution in [0.25, 0.3) is 0 Å². The number of amidine groups is 1. The van der Waals surface area contributed by atoms with Gasteiger partial charge >= 0.3 is 0 Å². The second-order valence-electron chi connectivity index (χ2n) is 5.95. The first-order chi connectivity index (χ1) is 9.86. The number of rotatable bonds is 5. The highest BCUT2D eigenvalue weighted by Crippen LogP contribution is 2.22. The number of nitrogens with one attached hydrogen (secondary N) is 1. The van der Waals surface area contributed by atoms with Gasteiger partial charge in [0.05, 0.1) is 6.10 Å². The van der Waals surface area contributed by atoms with E-state index >= 15 is 0 Å². The molecular formula is C15H23FN4O. The summed E-state index contributed by atoms with van der Waals surface area (Å²) in [5.74, 6) is -0.491. The fourth-order valence-corrected chi connectivity index (χ4v) is 2.82. The SMILES string of the molecule is CN(C)CC1CC(O)CN1Cc1ccc(C(=N)N)cc1F. The fraction of sp³-hybridized carbons (Fsp3) is 0.533. The van der Waals surface area contributed by atoms with Crippen LogP contribution in [0.4, 0.5) is 4.39 Å². The zero-order valence-electron chi connectivity index (χ0n) is 12.5. The molecule has 0 saturated carbocycles. The van der Waals surface area contributed by atoms with Crippen LogP contribution >= 0.6 is 0 Å². The molecule has 1 aliphatic rings. The smallest absolute Gasteiger partial charge is 0.128 e. The first-order valence-electron chi connectivity index (χ1n) is 7.06. The number of benzene rings is 1. The molecule has 0 radical (unpaired) electrons. The summed E-state index contributed by atoms with van der Waals surface area (Å²) in [5, 5.41) is 17.2. The van der Waals surface area contributed by atoms with Gasteiger partial charge in [-0.3, -0.25) is 10.3 Å². The highest BCUT2D eigenvalue weighted by Gasteiger charge is 2.31. The molecule has 1 heterocycles. The Morgan fingerprint density at radius 3 is 2.81 bits per heavy atom. The van der Waals surface area contributed by atoms with E-state index in [1.807, 2.05) is 14.1 Å². The quantitative estimate of drug-likeness (QED) is 0.549. The Hall–Kier alpha value is -1.50. The molecule has 116 valence electrons. The lowest BCUT2D eigenvalue weighted by Crippen LogP contribution is -2.37. The minimum absolute atomic E-state index is 0.137. The molecule has 1 saturated heterocycles. The van der Waals surface area contributed by atoms with Crippen LogP contribution in [0, 0.1) is 11.2 Å². The molecule has 5 nitrogen and oxygen atoms in total. The van der Waals surface area contributed by atoms with Crippen molar-refractivity contribution in [2.24, 2.45) is 5.73 Å². The molecule has 21 heavy (non-hydrogen) atoms. The van der Waals surface area contributed by atoms with E-state index in [-0.39, 0.29) is 23.8 Å². The summed E-state index contributed by atoms with van der Waals surface area (Å²) in [4.78, 5) is 4.18. The number of likely N-dealkylation sites (tertiary alicyclic amines) is 1. The van der Waals surface area contributed by atoms with Crippen molar-refractivity contribution in [1.82, 2.24) is 9.80 Å². The van der Waals surface area contributed by atoms with Gasteiger partial charge in [-0.2, -0.15) is 0 Å². The minimum Gasteiger partial charge on any atom is -0.392 e. The second kappa shape index (κ2) is 6.51. The summed E-state index contributed by atoms with van der Waals surface area (Å²) < 4.78 is 14.1. The molecule has 0 aliphatic carbocycles. The minimum atomic E-state index is -0.354. The third kappa shape index (κ3) is 4.00. The number of likely N-dealkylation sites (N-methyl/N-ethyl adjacent to an activating group) is 1. The molecule has 2 unspecified atom stereocenters. The molecule has 0 bridgehead atoms. The summed E-state index contributed by atoms with van der Waals surface area (Å²) in [6.45, 7) is 1.86. The molecule has 1 fully saturated rings. The molecule has 4 N–H and O–H groups in total. The third-order valence-electron chi connectivity index (χ3n) is 3.82. The molecule has 6 heteroatoms. The number of hydrogen-bond donors (Lipinski definition) is 3. The monoisotopic (exact) mass is 294 g/mol. The maximum absolute atomic E-state index is 14.1. The van der Waals surface area contributed by atoms with E-state index in [2.05, 4.69) is 9.80 Å². The second-order valence-corrected chi connectivity index (χ2v) is 5.95. The molecule has 1 aliphatic heterocycles. The number of aliphatic hydroxyl groups excluding tert-OH is 1. The highest BCUT2D eigenvalue weighted by molar-refractivity contribution is 5.94. The highest BCUT2D eigenvalue weighted by atomic mass is 19.1. The van der Waals surface area contributed by atoms with Crippen LogP contribution in [-0.4, -0.2) is 60.1 Å². The standard InChI is InChI=1S/C15H23FN4O/c1-19(2)8-12-6-13(21)9-20(12)7-11-4-3-10(15(17)18)5-14(11)16/h3-5,12-13,21H,6-9H2,1-2H3,(H3,17,18). The van der Waals surface area contributed by atoms with Crippen molar-refractivity contribution in [2.75, 3.05) is 27.2 Å². The van der Waals surface area contributed by atoms with Gasteiger partial charge in [0.25, 0.3) is 0 Å². The lowest BCUT2D eigenvalue weighted by Gasteiger charge is -2.26. The molecule has 1 aromatic rings. The van der Waals surface area contributed by atoms with E-state index in [1.54, 1.807) is 12.1 Å². The zero-order chi connectivity index (χ0) is 15.6. The van der Waals surface area contributed by atoms with Crippen LogP contribution in [0.15, 0.2) is 18.2 Å². The van der Waals surface area contributed by atoms with Crippen LogP contribution in [0.1, 0.15) is 17.5 Å². The van der Waals surface area contributed by atoms with Crippen LogP contribution in [0.3, 0.4) is 0 Å². The normalized spacial score (nSPS) is 22.9. The largest absolute Gasteiger partial charge is 0.392 e. The predicted octanol–water partition coefficient (Wildman–Crippen LogP) is 0.607. The number of nitrogens with two attached hydrogens (primary N) is 1. The lowest BCUT2D eigenvalue weighted by atomic mass is 10.1. The summed E-state index contributed by atoms with van der Waals surface area (Å²) in [5.41, 5.74) is 6.32. The molecule has 0 amide bonds. The van der Waals surface area contributed by atoms with Crippen LogP contribution in [0.5, 0.6) is 0 Å². The fourth-order valence-electron chi connectivity index (χ4n) is 2.82. The lowest BCUT2D eigenvalue weighted by molar-refractivity contribution is 0.168. The van der Waals surface area contributed by atoms with E-state index in [0.717, 1.165) is 6.54 Å². The molecule has 2 rings (SSSR count). The third-order valence-corrected chi connectivity index (χ3v) is 3.82. The number of halogens is 1. The first-order valence-corrected chi connectivity index (χ1v) is 7.06. The van der Waals surface area contributed by atoms with E-state index in [9.17, 15) is 9.50 Å². The van der Waals surface area contributed by atoms with E-state index in [4.69, 9.17) is 11.1 Å². The van der Waals surface area contributed by atoms with Crippen molar-refractivity contribution in [3.63, 3.8) is 0 Å². The van der Waals surface area contributed by atoms with Gasteiger partial charge in [0.1, 0.15) is 11.7 Å². The Morgan fingerprint density at radius 2 is 2.24 bits per heavy atom. The molecule has 1 aromatic carbocycles. The van der Waals surface area contributed by atoms with E-state index in [1.165, 1.54) is 6.07 Å². The van der Waals surface area contributed by atoms with Gasteiger partial charge in [0.2, 0.25) is 0 Å². The molecular weight excluding hydrogens is 271 g/mol. The van der Waals surface area contributed by atoms with Crippen molar-refractivity contribution in [3.05, 3.63) is 35.1 Å². The Kier molecular flexibility index (Phi) is 4.92. The number of hydrogen-bond acceptors (Lipinski definition) is 4. The number of nitrogen functional groups attached to an aromatic ring is 1. The molecule has 0 aromatic heterocycles. The van der Waals surface area contributed by atoms with Crippen molar-refractivity contribution in [1.29, 1.82) is 5.41 Å². The zero-order valence-corrected chi connectivity index (χ0v) is 12.5. The van der Waals surface area contributed by atoms with Crippen LogP contribution < -0.4 is 5.73 Å². The average molecular weight is 294 g/mol.